The maximum absolute atomic E-state index is 9.20. The highest BCUT2D eigenvalue weighted by Crippen LogP contribution is 2.22. The molecule has 5 nitrogen and oxygen atoms in total. The Morgan fingerprint density at radius 2 is 1.67 bits per heavy atom. The third kappa shape index (κ3) is 1.73. The number of hydrogen-bond donors (Lipinski definition) is 5. The van der Waals surface area contributed by atoms with Crippen LogP contribution < -0.4 is 0 Å². The molecule has 6 heteroatoms. The minimum absolute atomic E-state index is 0.415. The first-order valence-corrected chi connectivity index (χ1v) is 4.08. The molecule has 0 aromatic rings. The van der Waals surface area contributed by atoms with E-state index in [0.29, 0.717) is 0 Å². The molecule has 0 amide bonds. The van der Waals surface area contributed by atoms with Crippen LogP contribution in [0.5, 0.6) is 0 Å². The monoisotopic (exact) mass is 196 g/mol. The molecule has 1 fully saturated rings. The molecule has 0 aliphatic carbocycles. The van der Waals surface area contributed by atoms with Crippen LogP contribution in [0.3, 0.4) is 0 Å². The second-order valence-electron chi connectivity index (χ2n) is 2.72. The van der Waals surface area contributed by atoms with Gasteiger partial charge in [-0.05, 0) is 0 Å². The number of ether oxygens (including phenoxy) is 1. The zero-order chi connectivity index (χ0) is 9.30. The normalized spacial score (nSPS) is 49.2. The van der Waals surface area contributed by atoms with Crippen molar-refractivity contribution in [1.82, 2.24) is 0 Å². The lowest BCUT2D eigenvalue weighted by Gasteiger charge is -2.37. The molecule has 0 saturated carbocycles. The molecule has 12 heavy (non-hydrogen) atoms. The highest BCUT2D eigenvalue weighted by molar-refractivity contribution is 7.80. The average molecular weight is 196 g/mol. The number of hydrogen-bond acceptors (Lipinski definition) is 6. The van der Waals surface area contributed by atoms with Gasteiger partial charge in [0.05, 0.1) is 6.61 Å². The maximum Gasteiger partial charge on any atom is 0.129 e. The van der Waals surface area contributed by atoms with Crippen molar-refractivity contribution in [2.24, 2.45) is 0 Å². The molecule has 5 atom stereocenters. The van der Waals surface area contributed by atoms with Crippen LogP contribution in [0, 0.1) is 0 Å². The minimum atomic E-state index is -1.32. The van der Waals surface area contributed by atoms with Gasteiger partial charge in [-0.25, -0.2) is 0 Å². The third-order valence-electron chi connectivity index (χ3n) is 1.87. The highest BCUT2D eigenvalue weighted by Gasteiger charge is 2.41. The maximum atomic E-state index is 9.20. The Kier molecular flexibility index (Phi) is 3.33. The molecule has 0 spiro atoms. The Morgan fingerprint density at radius 3 is 2.17 bits per heavy atom. The van der Waals surface area contributed by atoms with Gasteiger partial charge < -0.3 is 25.2 Å². The summed E-state index contributed by atoms with van der Waals surface area (Å²) in [4.78, 5) is 0. The van der Waals surface area contributed by atoms with Crippen molar-refractivity contribution in [3.8, 4) is 0 Å². The molecule has 0 bridgehead atoms. The van der Waals surface area contributed by atoms with Crippen molar-refractivity contribution in [2.75, 3.05) is 6.61 Å². The minimum Gasteiger partial charge on any atom is -0.394 e. The first-order chi connectivity index (χ1) is 5.57. The fourth-order valence-electron chi connectivity index (χ4n) is 1.08. The van der Waals surface area contributed by atoms with Crippen molar-refractivity contribution >= 4 is 12.6 Å². The Bertz CT molecular complexity index is 150. The summed E-state index contributed by atoms with van der Waals surface area (Å²) < 4.78 is 4.88. The summed E-state index contributed by atoms with van der Waals surface area (Å²) in [5.41, 5.74) is -0.874. The zero-order valence-electron chi connectivity index (χ0n) is 6.24. The number of rotatable bonds is 1. The quantitative estimate of drug-likeness (QED) is 0.305. The van der Waals surface area contributed by atoms with Crippen LogP contribution in [0.2, 0.25) is 0 Å². The zero-order valence-corrected chi connectivity index (χ0v) is 7.13. The predicted molar refractivity (Wildman–Crippen MR) is 42.8 cm³/mol. The highest BCUT2D eigenvalue weighted by atomic mass is 32.1. The summed E-state index contributed by atoms with van der Waals surface area (Å²) in [5, 5.41) is 36.2. The summed E-state index contributed by atoms with van der Waals surface area (Å²) in [6.45, 7) is -0.415. The average Bonchev–Trinajstić information content (AvgIpc) is 2.08. The summed E-state index contributed by atoms with van der Waals surface area (Å²) in [7, 11) is 0. The Morgan fingerprint density at radius 1 is 1.08 bits per heavy atom. The summed E-state index contributed by atoms with van der Waals surface area (Å²) in [5.74, 6) is 0. The van der Waals surface area contributed by atoms with Crippen LogP contribution in [0.15, 0.2) is 0 Å². The largest absolute Gasteiger partial charge is 0.394 e. The lowest BCUT2D eigenvalue weighted by atomic mass is 10.0. The van der Waals surface area contributed by atoms with Crippen LogP contribution in [0.1, 0.15) is 0 Å². The number of thiol groups is 1. The van der Waals surface area contributed by atoms with Gasteiger partial charge in [-0.15, -0.1) is 12.6 Å². The van der Waals surface area contributed by atoms with Crippen LogP contribution in [0.4, 0.5) is 0 Å². The molecule has 1 heterocycles. The molecular formula is C6H12O5S. The van der Waals surface area contributed by atoms with Crippen LogP contribution >= 0.6 is 12.6 Å². The smallest absolute Gasteiger partial charge is 0.129 e. The SMILES string of the molecule is OCC1O[C@H](S)C(O)C(O)[C@@H]1O. The van der Waals surface area contributed by atoms with Crippen molar-refractivity contribution in [3.63, 3.8) is 0 Å². The van der Waals surface area contributed by atoms with E-state index in [0.717, 1.165) is 0 Å². The lowest BCUT2D eigenvalue weighted by Crippen LogP contribution is -2.56. The fraction of sp³-hybridized carbons (Fsp3) is 1.00. The lowest BCUT2D eigenvalue weighted by molar-refractivity contribution is -0.205. The third-order valence-corrected chi connectivity index (χ3v) is 2.29. The van der Waals surface area contributed by atoms with Crippen molar-refractivity contribution < 1.29 is 25.2 Å². The van der Waals surface area contributed by atoms with Crippen LogP contribution in [0.25, 0.3) is 0 Å². The molecule has 1 rings (SSSR count). The van der Waals surface area contributed by atoms with E-state index in [-0.39, 0.29) is 0 Å². The van der Waals surface area contributed by atoms with Gasteiger partial charge in [0, 0.05) is 0 Å². The van der Waals surface area contributed by atoms with E-state index in [2.05, 4.69) is 12.6 Å². The van der Waals surface area contributed by atoms with Gasteiger partial charge in [0.25, 0.3) is 0 Å². The Hall–Kier alpha value is 0.150. The summed E-state index contributed by atoms with van der Waals surface area (Å²) in [6, 6.07) is 0. The van der Waals surface area contributed by atoms with Gasteiger partial charge in [-0.1, -0.05) is 0 Å². The van der Waals surface area contributed by atoms with Gasteiger partial charge in [0.15, 0.2) is 0 Å². The summed E-state index contributed by atoms with van der Waals surface area (Å²) >= 11 is 3.81. The topological polar surface area (TPSA) is 90.2 Å². The van der Waals surface area contributed by atoms with E-state index in [4.69, 9.17) is 14.9 Å². The van der Waals surface area contributed by atoms with Gasteiger partial charge in [0.1, 0.15) is 29.9 Å². The molecule has 0 radical (unpaired) electrons. The van der Waals surface area contributed by atoms with Gasteiger partial charge in [0.2, 0.25) is 0 Å². The second kappa shape index (κ2) is 3.91. The van der Waals surface area contributed by atoms with Crippen LogP contribution in [-0.2, 0) is 4.74 Å². The molecule has 0 aromatic heterocycles. The molecule has 4 N–H and O–H groups in total. The molecule has 3 unspecified atom stereocenters. The van der Waals surface area contributed by atoms with E-state index in [1.807, 2.05) is 0 Å². The molecule has 0 aromatic carbocycles. The molecular weight excluding hydrogens is 184 g/mol. The van der Waals surface area contributed by atoms with E-state index in [9.17, 15) is 10.2 Å². The molecule has 72 valence electrons. The van der Waals surface area contributed by atoms with E-state index < -0.39 is 36.5 Å². The van der Waals surface area contributed by atoms with Crippen molar-refractivity contribution in [3.05, 3.63) is 0 Å². The van der Waals surface area contributed by atoms with E-state index in [1.54, 1.807) is 0 Å². The first-order valence-electron chi connectivity index (χ1n) is 3.56. The van der Waals surface area contributed by atoms with Gasteiger partial charge >= 0.3 is 0 Å². The van der Waals surface area contributed by atoms with Crippen molar-refractivity contribution in [1.29, 1.82) is 0 Å². The first kappa shape index (κ1) is 10.2. The van der Waals surface area contributed by atoms with Gasteiger partial charge in [-0.3, -0.25) is 0 Å². The van der Waals surface area contributed by atoms with Gasteiger partial charge in [-0.2, -0.15) is 0 Å². The van der Waals surface area contributed by atoms with Crippen molar-refractivity contribution in [2.45, 2.75) is 29.9 Å². The number of aliphatic hydroxyl groups is 4. The van der Waals surface area contributed by atoms with E-state index >= 15 is 0 Å². The predicted octanol–water partition coefficient (Wildman–Crippen LogP) is -2.28. The molecule has 1 aliphatic heterocycles. The summed E-state index contributed by atoms with van der Waals surface area (Å²) in [6.07, 6.45) is -4.70. The Labute approximate surface area is 75.0 Å². The number of aliphatic hydroxyl groups excluding tert-OH is 4. The second-order valence-corrected chi connectivity index (χ2v) is 3.23. The Balaban J connectivity index is 2.63. The molecule has 1 aliphatic rings. The fourth-order valence-corrected chi connectivity index (χ4v) is 1.41. The standard InChI is InChI=1S/C6H12O5S/c7-1-2-3(8)4(9)5(10)6(12)11-2/h2-10,12H,1H2/t2?,3-,4?,5?,6-/m1/s1. The van der Waals surface area contributed by atoms with E-state index in [1.165, 1.54) is 0 Å². The van der Waals surface area contributed by atoms with Crippen LogP contribution in [-0.4, -0.2) is 56.9 Å². The molecule has 1 saturated heterocycles.